The molecular formula is C21H21N5O7S. The molecule has 0 saturated carbocycles. The summed E-state index contributed by atoms with van der Waals surface area (Å²) < 4.78 is 44.5. The number of methoxy groups -OCH3 is 2. The third kappa shape index (κ3) is 4.94. The number of phenols is 1. The van der Waals surface area contributed by atoms with Crippen LogP contribution in [0.1, 0.15) is 6.92 Å². The molecule has 0 unspecified atom stereocenters. The van der Waals surface area contributed by atoms with Gasteiger partial charge in [0.1, 0.15) is 33.5 Å². The van der Waals surface area contributed by atoms with Crippen LogP contribution in [-0.2, 0) is 14.9 Å². The van der Waals surface area contributed by atoms with Crippen molar-refractivity contribution in [2.24, 2.45) is 20.5 Å². The van der Waals surface area contributed by atoms with E-state index < -0.39 is 32.4 Å². The van der Waals surface area contributed by atoms with E-state index in [-0.39, 0.29) is 33.6 Å². The van der Waals surface area contributed by atoms with Gasteiger partial charge in [-0.2, -0.15) is 18.6 Å². The molecule has 3 N–H and O–H groups in total. The van der Waals surface area contributed by atoms with Crippen LogP contribution in [0.3, 0.4) is 0 Å². The molecule has 0 fully saturated rings. The summed E-state index contributed by atoms with van der Waals surface area (Å²) in [5.74, 6) is -0.527. The van der Waals surface area contributed by atoms with Crippen molar-refractivity contribution < 1.29 is 32.3 Å². The van der Waals surface area contributed by atoms with Crippen LogP contribution in [0.5, 0.6) is 17.2 Å². The number of rotatable bonds is 7. The van der Waals surface area contributed by atoms with E-state index in [1.165, 1.54) is 52.5 Å². The topological polar surface area (TPSA) is 172 Å². The van der Waals surface area contributed by atoms with Gasteiger partial charge < -0.3 is 19.9 Å². The number of aromatic hydroxyl groups is 1. The number of fused-ring (bicyclic) bond motifs is 1. The van der Waals surface area contributed by atoms with E-state index in [9.17, 15) is 22.9 Å². The van der Waals surface area contributed by atoms with Crippen LogP contribution < -0.4 is 14.8 Å². The standard InChI is InChI=1S/C21H21N5O7S/c1-11(27)23-13-7-5-6-12-8-18(34(29,30)31)20(21(28)19(12)13)26-25-15-10-16(32-3)14(24-22-2)9-17(15)33-4/h5-10,28H,1-4H3,(H,23,27)(H,29,30,31). The fraction of sp³-hybridized carbons (Fsp3) is 0.190. The van der Waals surface area contributed by atoms with E-state index in [0.717, 1.165) is 6.07 Å². The lowest BCUT2D eigenvalue weighted by Crippen LogP contribution is -2.06. The van der Waals surface area contributed by atoms with Gasteiger partial charge in [0.25, 0.3) is 10.1 Å². The molecule has 12 nitrogen and oxygen atoms in total. The van der Waals surface area contributed by atoms with Crippen molar-refractivity contribution in [3.05, 3.63) is 36.4 Å². The minimum absolute atomic E-state index is 0.113. The molecule has 0 aliphatic rings. The fourth-order valence-electron chi connectivity index (χ4n) is 3.22. The fourth-order valence-corrected chi connectivity index (χ4v) is 3.88. The lowest BCUT2D eigenvalue weighted by atomic mass is 10.1. The van der Waals surface area contributed by atoms with Gasteiger partial charge in [0.15, 0.2) is 5.75 Å². The zero-order valence-electron chi connectivity index (χ0n) is 18.6. The molecule has 3 aromatic rings. The predicted molar refractivity (Wildman–Crippen MR) is 124 cm³/mol. The lowest BCUT2D eigenvalue weighted by Gasteiger charge is -2.13. The summed E-state index contributed by atoms with van der Waals surface area (Å²) in [6, 6.07) is 8.61. The first-order valence-electron chi connectivity index (χ1n) is 9.62. The zero-order valence-corrected chi connectivity index (χ0v) is 19.4. The highest BCUT2D eigenvalue weighted by Crippen LogP contribution is 2.45. The Bertz CT molecular complexity index is 1440. The Kier molecular flexibility index (Phi) is 7.08. The van der Waals surface area contributed by atoms with Gasteiger partial charge >= 0.3 is 0 Å². The summed E-state index contributed by atoms with van der Waals surface area (Å²) in [5.41, 5.74) is 0.152. The summed E-state index contributed by atoms with van der Waals surface area (Å²) in [5, 5.41) is 29.4. The van der Waals surface area contributed by atoms with Gasteiger partial charge in [0, 0.05) is 31.5 Å². The Labute approximate surface area is 194 Å². The Morgan fingerprint density at radius 1 is 1.00 bits per heavy atom. The van der Waals surface area contributed by atoms with Crippen LogP contribution in [0.15, 0.2) is 61.8 Å². The first-order chi connectivity index (χ1) is 16.1. The number of azo groups is 2. The maximum atomic E-state index is 12.1. The molecule has 1 amide bonds. The van der Waals surface area contributed by atoms with Crippen LogP contribution >= 0.6 is 0 Å². The lowest BCUT2D eigenvalue weighted by molar-refractivity contribution is -0.114. The molecule has 3 rings (SSSR count). The number of carbonyl (C=O) groups excluding carboxylic acids is 1. The summed E-state index contributed by atoms with van der Waals surface area (Å²) in [6.07, 6.45) is 0. The monoisotopic (exact) mass is 487 g/mol. The third-order valence-corrected chi connectivity index (χ3v) is 5.48. The van der Waals surface area contributed by atoms with Crippen molar-refractivity contribution >= 4 is 49.5 Å². The average Bonchev–Trinajstić information content (AvgIpc) is 2.77. The molecule has 0 aliphatic carbocycles. The molecule has 0 bridgehead atoms. The SMILES string of the molecule is CN=Nc1cc(OC)c(N=Nc2c(S(=O)(=O)O)cc3cccc(NC(C)=O)c3c2O)cc1OC. The number of hydrogen-bond acceptors (Lipinski definition) is 10. The first kappa shape index (κ1) is 24.5. The summed E-state index contributed by atoms with van der Waals surface area (Å²) in [4.78, 5) is 10.9. The number of hydrogen-bond donors (Lipinski definition) is 3. The minimum Gasteiger partial charge on any atom is -0.505 e. The summed E-state index contributed by atoms with van der Waals surface area (Å²) >= 11 is 0. The van der Waals surface area contributed by atoms with Gasteiger partial charge in [0.05, 0.1) is 19.9 Å². The molecule has 178 valence electrons. The molecule has 0 heterocycles. The van der Waals surface area contributed by atoms with Crippen molar-refractivity contribution in [1.82, 2.24) is 0 Å². The van der Waals surface area contributed by atoms with E-state index >= 15 is 0 Å². The van der Waals surface area contributed by atoms with E-state index in [0.29, 0.717) is 5.69 Å². The van der Waals surface area contributed by atoms with Crippen molar-refractivity contribution in [3.63, 3.8) is 0 Å². The number of nitrogens with one attached hydrogen (secondary N) is 1. The Morgan fingerprint density at radius 3 is 2.15 bits per heavy atom. The molecule has 3 aromatic carbocycles. The molecule has 0 radical (unpaired) electrons. The van der Waals surface area contributed by atoms with Crippen LogP contribution in [-0.4, -0.2) is 45.3 Å². The number of amides is 1. The number of ether oxygens (including phenoxy) is 2. The summed E-state index contributed by atoms with van der Waals surface area (Å²) in [6.45, 7) is 1.28. The average molecular weight is 487 g/mol. The normalized spacial score (nSPS) is 11.9. The van der Waals surface area contributed by atoms with Gasteiger partial charge in [-0.3, -0.25) is 9.35 Å². The highest BCUT2D eigenvalue weighted by Gasteiger charge is 2.24. The third-order valence-electron chi connectivity index (χ3n) is 4.61. The van der Waals surface area contributed by atoms with Crippen molar-refractivity contribution in [2.45, 2.75) is 11.8 Å². The van der Waals surface area contributed by atoms with Crippen molar-refractivity contribution in [2.75, 3.05) is 26.6 Å². The predicted octanol–water partition coefficient (Wildman–Crippen LogP) is 4.90. The number of phenolic OH excluding ortho intramolecular Hbond substituents is 1. The second-order valence-electron chi connectivity index (χ2n) is 6.83. The Morgan fingerprint density at radius 2 is 1.62 bits per heavy atom. The highest BCUT2D eigenvalue weighted by atomic mass is 32.2. The maximum Gasteiger partial charge on any atom is 0.296 e. The molecule has 13 heteroatoms. The molecule has 0 atom stereocenters. The maximum absolute atomic E-state index is 12.1. The van der Waals surface area contributed by atoms with Gasteiger partial charge in [-0.15, -0.1) is 10.2 Å². The van der Waals surface area contributed by atoms with Gasteiger partial charge in [-0.1, -0.05) is 12.1 Å². The second-order valence-corrected chi connectivity index (χ2v) is 8.22. The van der Waals surface area contributed by atoms with E-state index in [2.05, 4.69) is 25.8 Å². The summed E-state index contributed by atoms with van der Waals surface area (Å²) in [7, 11) is -0.546. The Hall–Kier alpha value is -4.10. The van der Waals surface area contributed by atoms with Gasteiger partial charge in [0.2, 0.25) is 5.91 Å². The number of benzene rings is 3. The van der Waals surface area contributed by atoms with E-state index in [1.807, 2.05) is 0 Å². The Balaban J connectivity index is 2.29. The zero-order chi connectivity index (χ0) is 25.0. The molecule has 0 aliphatic heterocycles. The highest BCUT2D eigenvalue weighted by molar-refractivity contribution is 7.86. The van der Waals surface area contributed by atoms with Crippen molar-refractivity contribution in [1.29, 1.82) is 0 Å². The van der Waals surface area contributed by atoms with Crippen molar-refractivity contribution in [3.8, 4) is 17.2 Å². The second kappa shape index (κ2) is 9.80. The smallest absolute Gasteiger partial charge is 0.296 e. The van der Waals surface area contributed by atoms with E-state index in [4.69, 9.17) is 9.47 Å². The van der Waals surface area contributed by atoms with Crippen LogP contribution in [0.25, 0.3) is 10.8 Å². The van der Waals surface area contributed by atoms with Crippen LogP contribution in [0.4, 0.5) is 22.7 Å². The number of nitrogens with zero attached hydrogens (tertiary/aromatic N) is 4. The molecule has 0 saturated heterocycles. The molecule has 0 aromatic heterocycles. The first-order valence-corrected chi connectivity index (χ1v) is 11.1. The number of anilines is 1. The van der Waals surface area contributed by atoms with E-state index in [1.54, 1.807) is 6.07 Å². The van der Waals surface area contributed by atoms with Gasteiger partial charge in [-0.05, 0) is 17.5 Å². The van der Waals surface area contributed by atoms with Crippen LogP contribution in [0.2, 0.25) is 0 Å². The number of carbonyl (C=O) groups is 1. The largest absolute Gasteiger partial charge is 0.505 e. The quantitative estimate of drug-likeness (QED) is 0.314. The molecular weight excluding hydrogens is 466 g/mol. The minimum atomic E-state index is -4.81. The molecule has 0 spiro atoms. The van der Waals surface area contributed by atoms with Gasteiger partial charge in [-0.25, -0.2) is 0 Å². The van der Waals surface area contributed by atoms with Crippen LogP contribution in [0, 0.1) is 0 Å². The molecule has 34 heavy (non-hydrogen) atoms.